The molecular weight excluding hydrogens is 372 g/mol. The number of benzene rings is 2. The number of aliphatic carboxylic acids is 1. The van der Waals surface area contributed by atoms with Crippen LogP contribution in [0.15, 0.2) is 59.4 Å². The normalized spacial score (nSPS) is 11.8. The first kappa shape index (κ1) is 19.0. The molecule has 9 heteroatoms. The molecule has 0 aliphatic rings. The standard InChI is InChI=1S/C19H15F2N3O4/c20-11-5-7-12(8-6-11)24-17(25)9-16(23-24)19(28)22-15(10-18(26)27)13-3-1-2-4-14(13)21/h1-9,15,23H,10H2,(H,22,28)(H,26,27). The molecule has 144 valence electrons. The van der Waals surface area contributed by atoms with E-state index in [1.165, 1.54) is 30.3 Å². The van der Waals surface area contributed by atoms with E-state index in [2.05, 4.69) is 10.4 Å². The summed E-state index contributed by atoms with van der Waals surface area (Å²) in [6.07, 6.45) is -0.546. The molecule has 2 aromatic carbocycles. The lowest BCUT2D eigenvalue weighted by atomic mass is 10.0. The summed E-state index contributed by atoms with van der Waals surface area (Å²) in [4.78, 5) is 35.7. The molecule has 1 aromatic heterocycles. The summed E-state index contributed by atoms with van der Waals surface area (Å²) in [5, 5.41) is 14.1. The van der Waals surface area contributed by atoms with E-state index in [1.807, 2.05) is 0 Å². The molecule has 0 bridgehead atoms. The molecule has 1 atom stereocenters. The lowest BCUT2D eigenvalue weighted by molar-refractivity contribution is -0.137. The Morgan fingerprint density at radius 2 is 1.79 bits per heavy atom. The van der Waals surface area contributed by atoms with E-state index in [9.17, 15) is 23.2 Å². The molecule has 0 saturated carbocycles. The summed E-state index contributed by atoms with van der Waals surface area (Å²) in [5.74, 6) is -3.16. The van der Waals surface area contributed by atoms with Gasteiger partial charge >= 0.3 is 5.97 Å². The number of nitrogens with zero attached hydrogens (tertiary/aromatic N) is 1. The molecule has 0 fully saturated rings. The van der Waals surface area contributed by atoms with Gasteiger partial charge in [0.05, 0.1) is 18.2 Å². The minimum absolute atomic E-state index is 0.0126. The second kappa shape index (κ2) is 7.87. The van der Waals surface area contributed by atoms with Crippen molar-refractivity contribution in [1.82, 2.24) is 15.1 Å². The van der Waals surface area contributed by atoms with E-state index in [4.69, 9.17) is 5.11 Å². The number of H-pyrrole nitrogens is 1. The average molecular weight is 387 g/mol. The van der Waals surface area contributed by atoms with Crippen molar-refractivity contribution in [3.05, 3.63) is 87.8 Å². The number of nitrogens with one attached hydrogen (secondary N) is 2. The van der Waals surface area contributed by atoms with Gasteiger partial charge in [-0.05, 0) is 30.3 Å². The van der Waals surface area contributed by atoms with Gasteiger partial charge < -0.3 is 10.4 Å². The van der Waals surface area contributed by atoms with Crippen LogP contribution in [0.25, 0.3) is 5.69 Å². The fourth-order valence-electron chi connectivity index (χ4n) is 2.70. The van der Waals surface area contributed by atoms with Gasteiger partial charge in [0.25, 0.3) is 11.5 Å². The molecule has 1 heterocycles. The number of rotatable bonds is 6. The van der Waals surface area contributed by atoms with Crippen LogP contribution in [0.2, 0.25) is 0 Å². The van der Waals surface area contributed by atoms with Crippen LogP contribution in [0.5, 0.6) is 0 Å². The zero-order valence-electron chi connectivity index (χ0n) is 14.4. The van der Waals surface area contributed by atoms with Crippen LogP contribution in [0.1, 0.15) is 28.5 Å². The number of carboxylic acid groups (broad SMARTS) is 1. The van der Waals surface area contributed by atoms with Crippen molar-refractivity contribution in [3.63, 3.8) is 0 Å². The Morgan fingerprint density at radius 3 is 2.43 bits per heavy atom. The van der Waals surface area contributed by atoms with Crippen molar-refractivity contribution in [1.29, 1.82) is 0 Å². The van der Waals surface area contributed by atoms with Crippen LogP contribution in [0, 0.1) is 11.6 Å². The number of carbonyl (C=O) groups excluding carboxylic acids is 1. The molecule has 0 aliphatic heterocycles. The SMILES string of the molecule is O=C(O)CC(NC(=O)c1cc(=O)n(-c2ccc(F)cc2)[nH]1)c1ccccc1F. The first-order valence-corrected chi connectivity index (χ1v) is 8.20. The second-order valence-corrected chi connectivity index (χ2v) is 5.97. The first-order chi connectivity index (χ1) is 13.3. The molecular formula is C19H15F2N3O4. The van der Waals surface area contributed by atoms with E-state index >= 15 is 0 Å². The Kier molecular flexibility index (Phi) is 5.35. The third kappa shape index (κ3) is 4.14. The molecule has 0 saturated heterocycles. The lowest BCUT2D eigenvalue weighted by Crippen LogP contribution is -2.31. The zero-order valence-corrected chi connectivity index (χ0v) is 14.4. The van der Waals surface area contributed by atoms with Crippen molar-refractivity contribution in [3.8, 4) is 5.69 Å². The fourth-order valence-corrected chi connectivity index (χ4v) is 2.70. The van der Waals surface area contributed by atoms with Gasteiger partial charge in [0, 0.05) is 11.6 Å². The molecule has 0 spiro atoms. The number of aromatic nitrogens is 2. The number of amides is 1. The summed E-state index contributed by atoms with van der Waals surface area (Å²) in [6.45, 7) is 0. The van der Waals surface area contributed by atoms with E-state index in [0.717, 1.165) is 28.9 Å². The van der Waals surface area contributed by atoms with Gasteiger partial charge in [0.1, 0.15) is 17.3 Å². The molecule has 3 aromatic rings. The van der Waals surface area contributed by atoms with Gasteiger partial charge in [-0.3, -0.25) is 19.5 Å². The lowest BCUT2D eigenvalue weighted by Gasteiger charge is -2.17. The van der Waals surface area contributed by atoms with Gasteiger partial charge in [-0.1, -0.05) is 18.2 Å². The number of carbonyl (C=O) groups is 2. The Balaban J connectivity index is 1.87. The number of aromatic amines is 1. The number of halogens is 2. The Morgan fingerprint density at radius 1 is 1.11 bits per heavy atom. The molecule has 28 heavy (non-hydrogen) atoms. The highest BCUT2D eigenvalue weighted by molar-refractivity contribution is 5.92. The summed E-state index contributed by atoms with van der Waals surface area (Å²) in [5.41, 5.74) is -0.404. The number of hydrogen-bond acceptors (Lipinski definition) is 3. The van der Waals surface area contributed by atoms with Crippen molar-refractivity contribution in [2.24, 2.45) is 0 Å². The average Bonchev–Trinajstić information content (AvgIpc) is 3.04. The highest BCUT2D eigenvalue weighted by Gasteiger charge is 2.23. The van der Waals surface area contributed by atoms with Gasteiger partial charge in [0.15, 0.2) is 0 Å². The predicted molar refractivity (Wildman–Crippen MR) is 95.2 cm³/mol. The van der Waals surface area contributed by atoms with Gasteiger partial charge in [0.2, 0.25) is 0 Å². The molecule has 7 nitrogen and oxygen atoms in total. The van der Waals surface area contributed by atoms with E-state index in [-0.39, 0.29) is 11.3 Å². The molecule has 1 amide bonds. The summed E-state index contributed by atoms with van der Waals surface area (Å²) in [7, 11) is 0. The monoisotopic (exact) mass is 387 g/mol. The van der Waals surface area contributed by atoms with Gasteiger partial charge in [-0.25, -0.2) is 13.5 Å². The van der Waals surface area contributed by atoms with E-state index in [0.29, 0.717) is 5.69 Å². The Hall–Kier alpha value is -3.75. The largest absolute Gasteiger partial charge is 0.481 e. The third-order valence-corrected chi connectivity index (χ3v) is 4.01. The molecule has 0 radical (unpaired) electrons. The maximum absolute atomic E-state index is 14.0. The first-order valence-electron chi connectivity index (χ1n) is 8.20. The van der Waals surface area contributed by atoms with Crippen LogP contribution < -0.4 is 10.9 Å². The highest BCUT2D eigenvalue weighted by atomic mass is 19.1. The number of hydrogen-bond donors (Lipinski definition) is 3. The van der Waals surface area contributed by atoms with Crippen LogP contribution in [-0.4, -0.2) is 26.8 Å². The minimum atomic E-state index is -1.23. The topological polar surface area (TPSA) is 104 Å². The zero-order chi connectivity index (χ0) is 20.3. The molecule has 1 unspecified atom stereocenters. The van der Waals surface area contributed by atoms with Crippen molar-refractivity contribution in [2.75, 3.05) is 0 Å². The van der Waals surface area contributed by atoms with Gasteiger partial charge in [-0.15, -0.1) is 0 Å². The Bertz CT molecular complexity index is 1070. The maximum Gasteiger partial charge on any atom is 0.305 e. The molecule has 3 rings (SSSR count). The molecule has 3 N–H and O–H groups in total. The highest BCUT2D eigenvalue weighted by Crippen LogP contribution is 2.20. The summed E-state index contributed by atoms with van der Waals surface area (Å²) >= 11 is 0. The molecule has 0 aliphatic carbocycles. The minimum Gasteiger partial charge on any atom is -0.481 e. The van der Waals surface area contributed by atoms with E-state index < -0.39 is 41.5 Å². The second-order valence-electron chi connectivity index (χ2n) is 5.97. The quantitative estimate of drug-likeness (QED) is 0.604. The van der Waals surface area contributed by atoms with Crippen LogP contribution in [0.3, 0.4) is 0 Å². The van der Waals surface area contributed by atoms with Crippen LogP contribution >= 0.6 is 0 Å². The van der Waals surface area contributed by atoms with Crippen molar-refractivity contribution in [2.45, 2.75) is 12.5 Å². The Labute approximate surface area is 157 Å². The fraction of sp³-hybridized carbons (Fsp3) is 0.105. The summed E-state index contributed by atoms with van der Waals surface area (Å²) < 4.78 is 28.1. The van der Waals surface area contributed by atoms with Crippen molar-refractivity contribution < 1.29 is 23.5 Å². The third-order valence-electron chi connectivity index (χ3n) is 4.01. The van der Waals surface area contributed by atoms with Crippen LogP contribution in [-0.2, 0) is 4.79 Å². The predicted octanol–water partition coefficient (Wildman–Crippen LogP) is 2.39. The smallest absolute Gasteiger partial charge is 0.305 e. The number of carboxylic acids is 1. The van der Waals surface area contributed by atoms with Gasteiger partial charge in [-0.2, -0.15) is 0 Å². The summed E-state index contributed by atoms with van der Waals surface area (Å²) in [6, 6.07) is 10.4. The van der Waals surface area contributed by atoms with Crippen LogP contribution in [0.4, 0.5) is 8.78 Å². The van der Waals surface area contributed by atoms with Crippen molar-refractivity contribution >= 4 is 11.9 Å². The van der Waals surface area contributed by atoms with E-state index in [1.54, 1.807) is 0 Å². The maximum atomic E-state index is 14.0.